The van der Waals surface area contributed by atoms with Gasteiger partial charge in [0, 0.05) is 6.42 Å². The predicted octanol–water partition coefficient (Wildman–Crippen LogP) is 4.25. The third-order valence-corrected chi connectivity index (χ3v) is 6.78. The molecule has 43 heavy (non-hydrogen) atoms. The zero-order chi connectivity index (χ0) is 32.2. The van der Waals surface area contributed by atoms with Crippen LogP contribution in [0.2, 0.25) is 0 Å². The second kappa shape index (κ2) is 16.5. The van der Waals surface area contributed by atoms with E-state index >= 15 is 0 Å². The van der Waals surface area contributed by atoms with Crippen molar-refractivity contribution in [2.75, 3.05) is 0 Å². The van der Waals surface area contributed by atoms with Crippen molar-refractivity contribution in [1.82, 2.24) is 16.0 Å². The number of nitrogens with two attached hydrogens (primary N) is 1. The molecule has 0 aromatic heterocycles. The molecular formula is C33H48N4O6. The van der Waals surface area contributed by atoms with Crippen molar-refractivity contribution in [2.45, 2.75) is 98.1 Å². The van der Waals surface area contributed by atoms with Crippen LogP contribution in [0.3, 0.4) is 0 Å². The molecule has 2 rings (SSSR count). The van der Waals surface area contributed by atoms with E-state index in [-0.39, 0.29) is 18.3 Å². The van der Waals surface area contributed by atoms with Gasteiger partial charge < -0.3 is 31.2 Å². The van der Waals surface area contributed by atoms with Gasteiger partial charge in [-0.2, -0.15) is 0 Å². The SMILES string of the molecule is CC[C@@H](C)[C@H](NC(=O)[C@@H](Cc1ccc(OCc2ccccc2)cc1)NC(=O)OC(C)(C)C)C(=O)N[C@@H](CC(C)C)C(N)=O. The molecule has 0 spiro atoms. The number of hydrogen-bond donors (Lipinski definition) is 4. The normalized spacial score (nSPS) is 14.1. The molecule has 0 unspecified atom stereocenters. The van der Waals surface area contributed by atoms with Crippen LogP contribution in [0.5, 0.6) is 5.75 Å². The predicted molar refractivity (Wildman–Crippen MR) is 166 cm³/mol. The Morgan fingerprint density at radius 3 is 1.98 bits per heavy atom. The highest BCUT2D eigenvalue weighted by Crippen LogP contribution is 2.17. The van der Waals surface area contributed by atoms with Crippen molar-refractivity contribution in [3.05, 3.63) is 65.7 Å². The van der Waals surface area contributed by atoms with Crippen molar-refractivity contribution in [3.63, 3.8) is 0 Å². The lowest BCUT2D eigenvalue weighted by molar-refractivity contribution is -0.133. The zero-order valence-electron chi connectivity index (χ0n) is 26.4. The number of primary amides is 1. The average Bonchev–Trinajstić information content (AvgIpc) is 2.93. The highest BCUT2D eigenvalue weighted by Gasteiger charge is 2.33. The third-order valence-electron chi connectivity index (χ3n) is 6.78. The fraction of sp³-hybridized carbons (Fsp3) is 0.515. The minimum Gasteiger partial charge on any atom is -0.489 e. The van der Waals surface area contributed by atoms with Gasteiger partial charge in [0.2, 0.25) is 17.7 Å². The average molecular weight is 597 g/mol. The number of carbonyl (C=O) groups excluding carboxylic acids is 4. The van der Waals surface area contributed by atoms with Crippen LogP contribution in [0.25, 0.3) is 0 Å². The van der Waals surface area contributed by atoms with Crippen LogP contribution in [0.4, 0.5) is 4.79 Å². The van der Waals surface area contributed by atoms with Gasteiger partial charge in [0.25, 0.3) is 0 Å². The molecule has 2 aromatic rings. The van der Waals surface area contributed by atoms with Gasteiger partial charge in [-0.15, -0.1) is 0 Å². The van der Waals surface area contributed by atoms with Crippen LogP contribution in [0, 0.1) is 11.8 Å². The first kappa shape index (κ1) is 35.1. The van der Waals surface area contributed by atoms with Crippen molar-refractivity contribution < 1.29 is 28.7 Å². The summed E-state index contributed by atoms with van der Waals surface area (Å²) in [6.07, 6.45) is 0.329. The van der Waals surface area contributed by atoms with Gasteiger partial charge in [-0.25, -0.2) is 4.79 Å². The standard InChI is InChI=1S/C33H48N4O6/c1-8-22(4)28(31(40)35-26(29(34)38)18-21(2)3)37-30(39)27(36-32(41)43-33(5,6)7)19-23-14-16-25(17-15-23)42-20-24-12-10-9-11-13-24/h9-17,21-22,26-28H,8,18-20H2,1-7H3,(H2,34,38)(H,35,40)(H,36,41)(H,37,39)/t22-,26+,27-,28+/m1/s1. The Kier molecular flexibility index (Phi) is 13.5. The lowest BCUT2D eigenvalue weighted by Crippen LogP contribution is -2.58. The van der Waals surface area contributed by atoms with Crippen molar-refractivity contribution in [2.24, 2.45) is 17.6 Å². The van der Waals surface area contributed by atoms with E-state index in [2.05, 4.69) is 16.0 Å². The minimum atomic E-state index is -1.05. The number of amides is 4. The topological polar surface area (TPSA) is 149 Å². The first-order valence-corrected chi connectivity index (χ1v) is 14.8. The molecule has 4 amide bonds. The van der Waals surface area contributed by atoms with E-state index in [1.165, 1.54) is 0 Å². The third kappa shape index (κ3) is 12.8. The maximum atomic E-state index is 13.6. The molecule has 0 heterocycles. The van der Waals surface area contributed by atoms with E-state index in [0.717, 1.165) is 11.1 Å². The highest BCUT2D eigenvalue weighted by molar-refractivity contribution is 5.93. The fourth-order valence-electron chi connectivity index (χ4n) is 4.29. The molecule has 0 fully saturated rings. The molecule has 0 radical (unpaired) electrons. The lowest BCUT2D eigenvalue weighted by Gasteiger charge is -2.29. The Hall–Kier alpha value is -4.08. The molecule has 10 heteroatoms. The van der Waals surface area contributed by atoms with Gasteiger partial charge in [-0.3, -0.25) is 14.4 Å². The molecule has 0 aliphatic rings. The summed E-state index contributed by atoms with van der Waals surface area (Å²) < 4.78 is 11.3. The number of benzene rings is 2. The Labute approximate surface area is 255 Å². The van der Waals surface area contributed by atoms with Gasteiger partial charge in [0.15, 0.2) is 0 Å². The summed E-state index contributed by atoms with van der Waals surface area (Å²) in [4.78, 5) is 51.6. The van der Waals surface area contributed by atoms with Gasteiger partial charge in [0.05, 0.1) is 0 Å². The summed E-state index contributed by atoms with van der Waals surface area (Å²) >= 11 is 0. The smallest absolute Gasteiger partial charge is 0.408 e. The Morgan fingerprint density at radius 1 is 0.814 bits per heavy atom. The van der Waals surface area contributed by atoms with Crippen molar-refractivity contribution in [3.8, 4) is 5.75 Å². The number of ether oxygens (including phenoxy) is 2. The summed E-state index contributed by atoms with van der Waals surface area (Å²) in [6.45, 7) is 13.2. The van der Waals surface area contributed by atoms with Crippen LogP contribution < -0.4 is 26.4 Å². The van der Waals surface area contributed by atoms with Crippen LogP contribution in [0.15, 0.2) is 54.6 Å². The molecule has 0 aliphatic heterocycles. The van der Waals surface area contributed by atoms with Crippen molar-refractivity contribution in [1.29, 1.82) is 0 Å². The van der Waals surface area contributed by atoms with E-state index in [1.54, 1.807) is 32.9 Å². The first-order valence-electron chi connectivity index (χ1n) is 14.8. The van der Waals surface area contributed by atoms with E-state index in [9.17, 15) is 19.2 Å². The molecule has 0 bridgehead atoms. The largest absolute Gasteiger partial charge is 0.489 e. The van der Waals surface area contributed by atoms with Gasteiger partial charge in [0.1, 0.15) is 36.1 Å². The maximum absolute atomic E-state index is 13.6. The minimum absolute atomic E-state index is 0.118. The fourth-order valence-corrected chi connectivity index (χ4v) is 4.29. The number of nitrogens with one attached hydrogen (secondary N) is 3. The zero-order valence-corrected chi connectivity index (χ0v) is 26.4. The van der Waals surface area contributed by atoms with Gasteiger partial charge in [-0.1, -0.05) is 76.6 Å². The molecule has 2 aromatic carbocycles. The Morgan fingerprint density at radius 2 is 1.44 bits per heavy atom. The molecule has 5 N–H and O–H groups in total. The van der Waals surface area contributed by atoms with E-state index < -0.39 is 47.5 Å². The lowest BCUT2D eigenvalue weighted by atomic mass is 9.96. The molecular weight excluding hydrogens is 548 g/mol. The van der Waals surface area contributed by atoms with Crippen LogP contribution in [-0.2, 0) is 32.1 Å². The molecule has 4 atom stereocenters. The van der Waals surface area contributed by atoms with Crippen molar-refractivity contribution >= 4 is 23.8 Å². The van der Waals surface area contributed by atoms with E-state index in [1.807, 2.05) is 70.2 Å². The number of hydrogen-bond acceptors (Lipinski definition) is 6. The van der Waals surface area contributed by atoms with Crippen LogP contribution in [0.1, 0.15) is 72.4 Å². The quantitative estimate of drug-likeness (QED) is 0.242. The second-order valence-electron chi connectivity index (χ2n) is 12.3. The molecule has 0 saturated carbocycles. The molecule has 0 aliphatic carbocycles. The first-order chi connectivity index (χ1) is 20.2. The maximum Gasteiger partial charge on any atom is 0.408 e. The van der Waals surface area contributed by atoms with Gasteiger partial charge >= 0.3 is 6.09 Å². The number of rotatable bonds is 15. The number of alkyl carbamates (subject to hydrolysis) is 1. The summed E-state index contributed by atoms with van der Waals surface area (Å²) in [5, 5.41) is 8.17. The van der Waals surface area contributed by atoms with Crippen LogP contribution in [-0.4, -0.2) is 47.5 Å². The number of carbonyl (C=O) groups is 4. The summed E-state index contributed by atoms with van der Waals surface area (Å²) in [7, 11) is 0. The highest BCUT2D eigenvalue weighted by atomic mass is 16.6. The monoisotopic (exact) mass is 596 g/mol. The Bertz CT molecular complexity index is 1190. The van der Waals surface area contributed by atoms with E-state index in [0.29, 0.717) is 25.2 Å². The van der Waals surface area contributed by atoms with Crippen LogP contribution >= 0.6 is 0 Å². The molecule has 10 nitrogen and oxygen atoms in total. The second-order valence-corrected chi connectivity index (χ2v) is 12.3. The summed E-state index contributed by atoms with van der Waals surface area (Å²) in [5.74, 6) is -1.20. The molecule has 0 saturated heterocycles. The van der Waals surface area contributed by atoms with Gasteiger partial charge in [-0.05, 0) is 62.3 Å². The summed E-state index contributed by atoms with van der Waals surface area (Å²) in [5.41, 5.74) is 6.56. The van der Waals surface area contributed by atoms with E-state index in [4.69, 9.17) is 15.2 Å². The Balaban J connectivity index is 2.22. The molecule has 236 valence electrons. The summed E-state index contributed by atoms with van der Waals surface area (Å²) in [6, 6.07) is 14.2.